The Morgan fingerprint density at radius 3 is 1.72 bits per heavy atom. The van der Waals surface area contributed by atoms with Crippen LogP contribution in [0.3, 0.4) is 0 Å². The molecule has 10 heteroatoms. The Kier molecular flexibility index (Phi) is 9.67. The molecule has 0 aliphatic carbocycles. The lowest BCUT2D eigenvalue weighted by Gasteiger charge is -2.44. The van der Waals surface area contributed by atoms with Crippen molar-refractivity contribution in [1.82, 2.24) is 0 Å². The zero-order valence-corrected chi connectivity index (χ0v) is 29.0. The molecule has 250 valence electrons. The predicted molar refractivity (Wildman–Crippen MR) is 180 cm³/mol. The Hall–Kier alpha value is -3.28. The Balaban J connectivity index is 1.52. The first-order valence-electron chi connectivity index (χ1n) is 15.3. The average Bonchev–Trinajstić information content (AvgIpc) is 3.02. The lowest BCUT2D eigenvalue weighted by molar-refractivity contribution is -0.212. The van der Waals surface area contributed by atoms with E-state index in [1.807, 2.05) is 44.2 Å². The van der Waals surface area contributed by atoms with Crippen molar-refractivity contribution in [3.05, 3.63) is 120 Å². The molecular weight excluding hydrogens is 643 g/mol. The first-order chi connectivity index (χ1) is 21.9. The molecule has 0 spiro atoms. The summed E-state index contributed by atoms with van der Waals surface area (Å²) < 4.78 is 77.8. The van der Waals surface area contributed by atoms with E-state index in [9.17, 15) is 17.2 Å². The summed E-state index contributed by atoms with van der Waals surface area (Å²) in [6, 6.07) is 33.5. The molecule has 1 fully saturated rings. The highest BCUT2D eigenvalue weighted by molar-refractivity contribution is 7.97. The third kappa shape index (κ3) is 7.42. The van der Waals surface area contributed by atoms with Crippen LogP contribution in [-0.2, 0) is 41.5 Å². The minimum absolute atomic E-state index is 0.0268. The Labute approximate surface area is 279 Å². The van der Waals surface area contributed by atoms with Crippen LogP contribution < -0.4 is 4.74 Å². The van der Waals surface area contributed by atoms with Gasteiger partial charge in [-0.3, -0.25) is 4.55 Å². The van der Waals surface area contributed by atoms with E-state index in [1.54, 1.807) is 12.1 Å². The fourth-order valence-electron chi connectivity index (χ4n) is 5.38. The Bertz CT molecular complexity index is 1760. The van der Waals surface area contributed by atoms with Gasteiger partial charge in [0.1, 0.15) is 11.4 Å². The van der Waals surface area contributed by atoms with E-state index in [4.69, 9.17) is 18.8 Å². The van der Waals surface area contributed by atoms with Gasteiger partial charge < -0.3 is 14.2 Å². The molecule has 0 amide bonds. The molecule has 0 bridgehead atoms. The normalized spacial score (nSPS) is 19.9. The summed E-state index contributed by atoms with van der Waals surface area (Å²) in [5.41, 5.74) is 1.96. The van der Waals surface area contributed by atoms with Gasteiger partial charge in [-0.25, -0.2) is 0 Å². The third-order valence-electron chi connectivity index (χ3n) is 8.27. The fraction of sp³-hybridized carbons (Fsp3) is 0.351. The lowest BCUT2D eigenvalue weighted by atomic mass is 9.85. The Morgan fingerprint density at radius 2 is 1.26 bits per heavy atom. The first-order valence-corrected chi connectivity index (χ1v) is 18.0. The molecule has 1 aliphatic heterocycles. The van der Waals surface area contributed by atoms with Gasteiger partial charge in [-0.05, 0) is 91.4 Å². The van der Waals surface area contributed by atoms with Crippen molar-refractivity contribution in [2.24, 2.45) is 0 Å². The minimum Gasteiger partial charge on any atom is -0.483 e. The van der Waals surface area contributed by atoms with E-state index in [0.29, 0.717) is 13.2 Å². The third-order valence-corrected chi connectivity index (χ3v) is 11.5. The second kappa shape index (κ2) is 13.0. The quantitative estimate of drug-likeness (QED) is 0.141. The highest BCUT2D eigenvalue weighted by Gasteiger charge is 2.51. The number of alkyl halides is 2. The van der Waals surface area contributed by atoms with Gasteiger partial charge in [0.2, 0.25) is 0 Å². The number of hydrogen-bond donors (Lipinski definition) is 1. The minimum atomic E-state index is -5.64. The van der Waals surface area contributed by atoms with Crippen LogP contribution in [0, 0.1) is 0 Å². The van der Waals surface area contributed by atoms with Crippen LogP contribution >= 0.6 is 0 Å². The topological polar surface area (TPSA) is 82.1 Å². The van der Waals surface area contributed by atoms with E-state index >= 15 is 0 Å². The van der Waals surface area contributed by atoms with Crippen molar-refractivity contribution in [2.75, 3.05) is 13.2 Å². The first kappa shape index (κ1) is 35.0. The van der Waals surface area contributed by atoms with E-state index in [2.05, 4.69) is 69.3 Å². The molecule has 4 aromatic rings. The van der Waals surface area contributed by atoms with Crippen LogP contribution in [0.15, 0.2) is 118 Å². The van der Waals surface area contributed by atoms with Gasteiger partial charge in [0.15, 0.2) is 20.8 Å². The average molecular weight is 684 g/mol. The van der Waals surface area contributed by atoms with Gasteiger partial charge in [-0.15, -0.1) is 0 Å². The predicted octanol–water partition coefficient (Wildman–Crippen LogP) is 8.40. The summed E-state index contributed by atoms with van der Waals surface area (Å²) in [5.74, 6) is 0.0497. The SMILES string of the molecule is CC(Oc1ccc([S+](c2ccc(C(C)(C)C)cc2)c2ccc(C3(c4ccccc4)COC(C)(C)CO3)cc2)cc1)C(F)(F)S(=O)(=O)O. The summed E-state index contributed by atoms with van der Waals surface area (Å²) >= 11 is 0. The maximum atomic E-state index is 14.1. The molecule has 1 N–H and O–H groups in total. The van der Waals surface area contributed by atoms with Crippen molar-refractivity contribution in [1.29, 1.82) is 0 Å². The van der Waals surface area contributed by atoms with E-state index in [-0.39, 0.29) is 11.2 Å². The lowest BCUT2D eigenvalue weighted by Crippen LogP contribution is -2.49. The van der Waals surface area contributed by atoms with Gasteiger partial charge in [0, 0.05) is 0 Å². The van der Waals surface area contributed by atoms with Gasteiger partial charge >= 0.3 is 15.4 Å². The maximum absolute atomic E-state index is 14.1. The smallest absolute Gasteiger partial charge is 0.405 e. The largest absolute Gasteiger partial charge is 0.483 e. The van der Waals surface area contributed by atoms with Gasteiger partial charge in [-0.1, -0.05) is 75.4 Å². The van der Waals surface area contributed by atoms with E-state index in [1.165, 1.54) is 17.7 Å². The van der Waals surface area contributed by atoms with Crippen LogP contribution in [0.25, 0.3) is 0 Å². The number of halogens is 2. The second-order valence-electron chi connectivity index (χ2n) is 13.4. The molecule has 47 heavy (non-hydrogen) atoms. The van der Waals surface area contributed by atoms with Crippen molar-refractivity contribution in [3.8, 4) is 5.75 Å². The Morgan fingerprint density at radius 1 is 0.766 bits per heavy atom. The van der Waals surface area contributed by atoms with Crippen LogP contribution in [0.1, 0.15) is 58.2 Å². The molecule has 3 atom stereocenters. The zero-order chi connectivity index (χ0) is 34.3. The maximum Gasteiger partial charge on any atom is 0.405 e. The summed E-state index contributed by atoms with van der Waals surface area (Å²) in [6.07, 6.45) is -2.10. The summed E-state index contributed by atoms with van der Waals surface area (Å²) in [7, 11) is -6.24. The van der Waals surface area contributed by atoms with Crippen LogP contribution in [0.5, 0.6) is 5.75 Å². The van der Waals surface area contributed by atoms with Crippen molar-refractivity contribution in [3.63, 3.8) is 0 Å². The number of benzene rings is 4. The fourth-order valence-corrected chi connectivity index (χ4v) is 7.89. The molecule has 4 aromatic carbocycles. The highest BCUT2D eigenvalue weighted by Crippen LogP contribution is 2.41. The summed E-state index contributed by atoms with van der Waals surface area (Å²) in [5, 5.41) is -4.47. The molecule has 6 nitrogen and oxygen atoms in total. The second-order valence-corrected chi connectivity index (χ2v) is 16.9. The monoisotopic (exact) mass is 683 g/mol. The van der Waals surface area contributed by atoms with Gasteiger partial charge in [0.05, 0.1) is 29.7 Å². The molecule has 1 heterocycles. The molecule has 0 saturated carbocycles. The highest BCUT2D eigenvalue weighted by atomic mass is 32.2. The standard InChI is InChI=1S/C37H40F2O6S2/c1-26(37(38,39)47(40,41)42)45-30-16-22-33(23-17-30)46(31-18-12-27(13-19-31)34(2,3)4)32-20-14-29(15-21-32)36(28-10-8-7-9-11-28)25-43-35(5,6)24-44-36/h7-23,26H,24-25H2,1-6H3/p+1. The zero-order valence-electron chi connectivity index (χ0n) is 27.4. The molecule has 3 unspecified atom stereocenters. The van der Waals surface area contributed by atoms with Gasteiger partial charge in [-0.2, -0.15) is 17.2 Å². The van der Waals surface area contributed by atoms with Crippen LogP contribution in [-0.4, -0.2) is 43.1 Å². The van der Waals surface area contributed by atoms with Crippen molar-refractivity contribution >= 4 is 21.0 Å². The molecule has 0 aromatic heterocycles. The van der Waals surface area contributed by atoms with Crippen LogP contribution in [0.4, 0.5) is 8.78 Å². The van der Waals surface area contributed by atoms with E-state index in [0.717, 1.165) is 32.7 Å². The number of rotatable bonds is 9. The summed E-state index contributed by atoms with van der Waals surface area (Å²) in [6.45, 7) is 12.2. The van der Waals surface area contributed by atoms with Crippen LogP contribution in [0.2, 0.25) is 0 Å². The van der Waals surface area contributed by atoms with Gasteiger partial charge in [0.25, 0.3) is 0 Å². The molecule has 5 rings (SSSR count). The number of ether oxygens (including phenoxy) is 3. The number of hydrogen-bond acceptors (Lipinski definition) is 5. The molecule has 1 saturated heterocycles. The van der Waals surface area contributed by atoms with E-state index < -0.39 is 43.6 Å². The molecule has 0 radical (unpaired) electrons. The molecular formula is C37H41F2O6S2+. The van der Waals surface area contributed by atoms with Crippen molar-refractivity contribution in [2.45, 2.75) is 84.2 Å². The molecule has 1 aliphatic rings. The summed E-state index contributed by atoms with van der Waals surface area (Å²) in [4.78, 5) is 2.99. The van der Waals surface area contributed by atoms with Crippen molar-refractivity contribution < 1.29 is 36.0 Å².